The van der Waals surface area contributed by atoms with Crippen LogP contribution in [0.2, 0.25) is 0 Å². The van der Waals surface area contributed by atoms with E-state index in [0.29, 0.717) is 0 Å². The third-order valence-electron chi connectivity index (χ3n) is 2.41. The number of aryl methyl sites for hydroxylation is 1. The first-order valence-electron chi connectivity index (χ1n) is 5.31. The van der Waals surface area contributed by atoms with Crippen LogP contribution in [0.4, 0.5) is 0 Å². The molecule has 0 aliphatic rings. The summed E-state index contributed by atoms with van der Waals surface area (Å²) in [7, 11) is 0. The molecule has 0 aliphatic carbocycles. The summed E-state index contributed by atoms with van der Waals surface area (Å²) in [5, 5.41) is 7.28. The van der Waals surface area contributed by atoms with Crippen LogP contribution in [0.1, 0.15) is 12.2 Å². The van der Waals surface area contributed by atoms with Crippen molar-refractivity contribution in [2.24, 2.45) is 5.73 Å². The Kier molecular flexibility index (Phi) is 3.96. The second kappa shape index (κ2) is 5.46. The van der Waals surface area contributed by atoms with Crippen LogP contribution in [-0.4, -0.2) is 19.9 Å². The van der Waals surface area contributed by atoms with Gasteiger partial charge in [-0.1, -0.05) is 36.7 Å². The lowest BCUT2D eigenvalue weighted by molar-refractivity contribution is 0.859. The van der Waals surface area contributed by atoms with Crippen molar-refractivity contribution in [1.29, 1.82) is 5.41 Å². The van der Waals surface area contributed by atoms with Gasteiger partial charge in [0.15, 0.2) is 5.17 Å². The van der Waals surface area contributed by atoms with Crippen LogP contribution in [-0.2, 0) is 6.42 Å². The van der Waals surface area contributed by atoms with E-state index < -0.39 is 0 Å². The Bertz CT molecular complexity index is 535. The number of thioether (sulfide) groups is 1. The molecule has 0 unspecified atom stereocenters. The first-order chi connectivity index (χ1) is 8.18. The molecule has 0 aliphatic heterocycles. The lowest BCUT2D eigenvalue weighted by Crippen LogP contribution is -2.05. The molecule has 3 N–H and O–H groups in total. The Morgan fingerprint density at radius 3 is 2.94 bits per heavy atom. The van der Waals surface area contributed by atoms with E-state index in [4.69, 9.17) is 11.1 Å². The van der Waals surface area contributed by atoms with Crippen molar-refractivity contribution in [3.63, 3.8) is 0 Å². The summed E-state index contributed by atoms with van der Waals surface area (Å²) in [5.41, 5.74) is 7.28. The van der Waals surface area contributed by atoms with Crippen LogP contribution in [0.15, 0.2) is 24.3 Å². The number of nitrogens with zero attached hydrogens (tertiary/aromatic N) is 2. The summed E-state index contributed by atoms with van der Waals surface area (Å²) in [6, 6.07) is 7.93. The minimum atomic E-state index is 0.171. The summed E-state index contributed by atoms with van der Waals surface area (Å²) in [6.07, 6.45) is 1.78. The fourth-order valence-corrected chi connectivity index (χ4v) is 2.46. The third kappa shape index (κ3) is 2.95. The highest BCUT2D eigenvalue weighted by atomic mass is 32.2. The van der Waals surface area contributed by atoms with E-state index >= 15 is 0 Å². The summed E-state index contributed by atoms with van der Waals surface area (Å²) in [6.45, 7) is 0. The topological polar surface area (TPSA) is 67.7 Å². The zero-order valence-corrected chi connectivity index (χ0v) is 11.0. The lowest BCUT2D eigenvalue weighted by atomic mass is 10.3. The quantitative estimate of drug-likeness (QED) is 0.344. The van der Waals surface area contributed by atoms with Gasteiger partial charge in [-0.2, -0.15) is 0 Å². The van der Waals surface area contributed by atoms with Crippen LogP contribution in [0.5, 0.6) is 0 Å². The second-order valence-corrected chi connectivity index (χ2v) is 5.18. The molecule has 1 aromatic heterocycles. The van der Waals surface area contributed by atoms with E-state index in [1.807, 2.05) is 28.2 Å². The van der Waals surface area contributed by atoms with Crippen molar-refractivity contribution >= 4 is 40.8 Å². The van der Waals surface area contributed by atoms with Crippen molar-refractivity contribution in [1.82, 2.24) is 8.96 Å². The molecule has 0 spiro atoms. The molecular weight excluding hydrogens is 252 g/mol. The normalized spacial score (nSPS) is 10.9. The molecule has 4 nitrogen and oxygen atoms in total. The number of rotatable bonds is 4. The van der Waals surface area contributed by atoms with Gasteiger partial charge in [-0.15, -0.1) is 0 Å². The summed E-state index contributed by atoms with van der Waals surface area (Å²) >= 11 is 5.80. The smallest absolute Gasteiger partial charge is 0.151 e. The third-order valence-corrected chi connectivity index (χ3v) is 3.66. The van der Waals surface area contributed by atoms with Crippen LogP contribution < -0.4 is 5.73 Å². The molecule has 0 bridgehead atoms. The highest BCUT2D eigenvalue weighted by Crippen LogP contribution is 2.18. The van der Waals surface area contributed by atoms with Crippen molar-refractivity contribution in [3.8, 4) is 0 Å². The van der Waals surface area contributed by atoms with E-state index in [2.05, 4.69) is 17.8 Å². The van der Waals surface area contributed by atoms with E-state index in [0.717, 1.165) is 35.5 Å². The van der Waals surface area contributed by atoms with Gasteiger partial charge < -0.3 is 5.73 Å². The monoisotopic (exact) mass is 266 g/mol. The van der Waals surface area contributed by atoms with Gasteiger partial charge in [0.1, 0.15) is 5.82 Å². The van der Waals surface area contributed by atoms with E-state index in [9.17, 15) is 0 Å². The number of hydrogen-bond acceptors (Lipinski definition) is 4. The molecule has 1 aromatic carbocycles. The minimum absolute atomic E-state index is 0.171. The number of thiol groups is 1. The number of benzene rings is 1. The number of amidine groups is 1. The number of nitrogens with one attached hydrogen (secondary N) is 1. The van der Waals surface area contributed by atoms with Gasteiger partial charge >= 0.3 is 0 Å². The Labute approximate surface area is 110 Å². The fourth-order valence-electron chi connectivity index (χ4n) is 1.64. The maximum atomic E-state index is 7.11. The van der Waals surface area contributed by atoms with Crippen molar-refractivity contribution in [2.75, 3.05) is 5.75 Å². The highest BCUT2D eigenvalue weighted by molar-refractivity contribution is 8.13. The van der Waals surface area contributed by atoms with Gasteiger partial charge in [0.2, 0.25) is 0 Å². The molecule has 90 valence electrons. The maximum Gasteiger partial charge on any atom is 0.151 e. The van der Waals surface area contributed by atoms with Gasteiger partial charge in [-0.3, -0.25) is 9.38 Å². The summed E-state index contributed by atoms with van der Waals surface area (Å²) in [5.74, 6) is 1.80. The van der Waals surface area contributed by atoms with Gasteiger partial charge in [-0.25, -0.2) is 4.98 Å². The Morgan fingerprint density at radius 1 is 1.47 bits per heavy atom. The average Bonchev–Trinajstić information content (AvgIpc) is 2.63. The lowest BCUT2D eigenvalue weighted by Gasteiger charge is -2.00. The van der Waals surface area contributed by atoms with Gasteiger partial charge in [0.25, 0.3) is 0 Å². The molecule has 2 aromatic rings. The first kappa shape index (κ1) is 12.3. The number of fused-ring (bicyclic) bond motifs is 1. The maximum absolute atomic E-state index is 7.11. The molecule has 0 saturated carbocycles. The Hall–Kier alpha value is -1.14. The van der Waals surface area contributed by atoms with Crippen LogP contribution in [0.3, 0.4) is 0 Å². The van der Waals surface area contributed by atoms with Crippen LogP contribution >= 0.6 is 24.6 Å². The number of aromatic nitrogens is 2. The predicted octanol–water partition coefficient (Wildman–Crippen LogP) is 2.29. The highest BCUT2D eigenvalue weighted by Gasteiger charge is 2.07. The molecule has 0 radical (unpaired) electrons. The molecule has 17 heavy (non-hydrogen) atoms. The molecule has 2 rings (SSSR count). The molecule has 0 atom stereocenters. The predicted molar refractivity (Wildman–Crippen MR) is 76.8 cm³/mol. The number of para-hydroxylation sites is 2. The van der Waals surface area contributed by atoms with Gasteiger partial charge in [0, 0.05) is 12.2 Å². The first-order valence-corrected chi connectivity index (χ1v) is 6.69. The van der Waals surface area contributed by atoms with Crippen LogP contribution in [0, 0.1) is 5.41 Å². The SMILES string of the molecule is N=C(N)SCCCc1nc2ccccc2n1S. The van der Waals surface area contributed by atoms with Crippen molar-refractivity contribution in [2.45, 2.75) is 12.8 Å². The Morgan fingerprint density at radius 2 is 2.24 bits per heavy atom. The zero-order chi connectivity index (χ0) is 12.3. The van der Waals surface area contributed by atoms with Gasteiger partial charge in [-0.05, 0) is 18.6 Å². The number of nitrogens with two attached hydrogens (primary N) is 1. The number of imidazole rings is 1. The molecule has 1 heterocycles. The van der Waals surface area contributed by atoms with E-state index in [1.54, 1.807) is 0 Å². The molecule has 0 fully saturated rings. The van der Waals surface area contributed by atoms with Crippen molar-refractivity contribution in [3.05, 3.63) is 30.1 Å². The van der Waals surface area contributed by atoms with Crippen LogP contribution in [0.25, 0.3) is 11.0 Å². The van der Waals surface area contributed by atoms with Crippen molar-refractivity contribution < 1.29 is 0 Å². The minimum Gasteiger partial charge on any atom is -0.379 e. The molecular formula is C11H14N4S2. The zero-order valence-electron chi connectivity index (χ0n) is 9.26. The molecule has 6 heteroatoms. The summed E-state index contributed by atoms with van der Waals surface area (Å²) < 4.78 is 1.83. The standard InChI is InChI=1S/C11H14N4S2/c12-11(13)17-7-3-6-10-14-8-4-1-2-5-9(8)15(10)16/h1-2,4-5,16H,3,6-7H2,(H3,12,13). The van der Waals surface area contributed by atoms with E-state index in [-0.39, 0.29) is 5.17 Å². The fraction of sp³-hybridized carbons (Fsp3) is 0.273. The second-order valence-electron chi connectivity index (χ2n) is 3.64. The average molecular weight is 266 g/mol. The van der Waals surface area contributed by atoms with E-state index in [1.165, 1.54) is 11.8 Å². The number of hydrogen-bond donors (Lipinski definition) is 3. The molecule has 0 saturated heterocycles. The molecule has 0 amide bonds. The summed E-state index contributed by atoms with van der Waals surface area (Å²) in [4.78, 5) is 4.52. The van der Waals surface area contributed by atoms with Gasteiger partial charge in [0.05, 0.1) is 11.0 Å². The largest absolute Gasteiger partial charge is 0.379 e. The Balaban J connectivity index is 2.04.